The highest BCUT2D eigenvalue weighted by molar-refractivity contribution is 5.94. The zero-order valence-electron chi connectivity index (χ0n) is 15.7. The second-order valence-corrected chi connectivity index (χ2v) is 7.13. The predicted octanol–water partition coefficient (Wildman–Crippen LogP) is -0.172. The summed E-state index contributed by atoms with van der Waals surface area (Å²) in [5.74, 6) is -0.793. The molecular weight excluding hydrogens is 386 g/mol. The molecule has 1 aromatic carbocycles. The Labute approximate surface area is 168 Å². The van der Waals surface area contributed by atoms with Crippen LogP contribution >= 0.6 is 0 Å². The van der Waals surface area contributed by atoms with E-state index in [0.29, 0.717) is 33.2 Å². The molecule has 150 valence electrons. The smallest absolute Gasteiger partial charge is 0.326 e. The van der Waals surface area contributed by atoms with E-state index in [4.69, 9.17) is 15.7 Å². The van der Waals surface area contributed by atoms with Gasteiger partial charge in [0.2, 0.25) is 11.8 Å². The van der Waals surface area contributed by atoms with Gasteiger partial charge in [0.1, 0.15) is 5.69 Å². The minimum Gasteiger partial charge on any atom is -0.493 e. The number of aromatic hydroxyl groups is 1. The predicted molar refractivity (Wildman–Crippen MR) is 107 cm³/mol. The van der Waals surface area contributed by atoms with Crippen molar-refractivity contribution in [2.75, 3.05) is 0 Å². The van der Waals surface area contributed by atoms with Crippen molar-refractivity contribution >= 4 is 17.6 Å². The number of amides is 1. The van der Waals surface area contributed by atoms with Crippen LogP contribution in [0.15, 0.2) is 46.3 Å². The fourth-order valence-electron chi connectivity index (χ4n) is 3.18. The number of H-pyrrole nitrogens is 2. The zero-order valence-corrected chi connectivity index (χ0v) is 15.7. The Balaban J connectivity index is 1.77. The summed E-state index contributed by atoms with van der Waals surface area (Å²) >= 11 is 0. The number of nitrogens with two attached hydrogens (primary N) is 1. The molecule has 5 N–H and O–H groups in total. The lowest BCUT2D eigenvalue weighted by Crippen LogP contribution is -2.19. The Kier molecular flexibility index (Phi) is 3.98. The van der Waals surface area contributed by atoms with Crippen LogP contribution in [0.3, 0.4) is 0 Å². The number of aromatic nitrogens is 5. The Hall–Kier alpha value is -4.21. The highest BCUT2D eigenvalue weighted by Gasteiger charge is 2.20. The minimum absolute atomic E-state index is 0.221. The molecule has 0 atom stereocenters. The van der Waals surface area contributed by atoms with Crippen LogP contribution in [0.2, 0.25) is 0 Å². The molecule has 1 amide bonds. The number of benzene rings is 1. The highest BCUT2D eigenvalue weighted by Crippen LogP contribution is 2.23. The molecule has 0 bridgehead atoms. The van der Waals surface area contributed by atoms with Crippen molar-refractivity contribution in [3.63, 3.8) is 0 Å². The summed E-state index contributed by atoms with van der Waals surface area (Å²) in [6, 6.07) is 8.96. The summed E-state index contributed by atoms with van der Waals surface area (Å²) in [4.78, 5) is 37.2. The summed E-state index contributed by atoms with van der Waals surface area (Å²) in [5, 5.41) is 14.8. The molecule has 0 aliphatic heterocycles. The first kappa shape index (κ1) is 17.9. The Morgan fingerprint density at radius 2 is 2.13 bits per heavy atom. The fourth-order valence-corrected chi connectivity index (χ4v) is 3.18. The van der Waals surface area contributed by atoms with Gasteiger partial charge in [-0.3, -0.25) is 14.8 Å². The average molecular weight is 403 g/mol. The number of aromatic amines is 2. The van der Waals surface area contributed by atoms with Gasteiger partial charge in [-0.1, -0.05) is 12.1 Å². The van der Waals surface area contributed by atoms with Crippen molar-refractivity contribution in [3.8, 4) is 17.1 Å². The van der Waals surface area contributed by atoms with Crippen LogP contribution in [0.1, 0.15) is 28.9 Å². The molecule has 0 spiro atoms. The third-order valence-corrected chi connectivity index (χ3v) is 4.82. The average Bonchev–Trinajstić information content (AvgIpc) is 3.36. The van der Waals surface area contributed by atoms with E-state index >= 15 is 0 Å². The van der Waals surface area contributed by atoms with E-state index in [1.165, 1.54) is 0 Å². The molecule has 3 heterocycles. The van der Waals surface area contributed by atoms with Crippen LogP contribution in [-0.4, -0.2) is 41.6 Å². The third kappa shape index (κ3) is 3.24. The van der Waals surface area contributed by atoms with Crippen molar-refractivity contribution in [2.24, 2.45) is 10.7 Å². The molecule has 1 aliphatic rings. The first-order valence-electron chi connectivity index (χ1n) is 9.34. The second kappa shape index (κ2) is 6.69. The summed E-state index contributed by atoms with van der Waals surface area (Å²) in [6.07, 6.45) is 5.21. The number of rotatable bonds is 4. The van der Waals surface area contributed by atoms with Gasteiger partial charge in [0.25, 0.3) is 0 Å². The number of nitrogens with one attached hydrogen (secondary N) is 2. The molecule has 0 radical (unpaired) electrons. The van der Waals surface area contributed by atoms with Gasteiger partial charge in [0.15, 0.2) is 11.1 Å². The van der Waals surface area contributed by atoms with Crippen LogP contribution < -0.4 is 22.1 Å². The lowest BCUT2D eigenvalue weighted by atomic mass is 10.1. The Bertz CT molecular complexity index is 1470. The van der Waals surface area contributed by atoms with Gasteiger partial charge in [-0.05, 0) is 31.1 Å². The van der Waals surface area contributed by atoms with Gasteiger partial charge in [-0.25, -0.2) is 9.78 Å². The molecule has 0 unspecified atom stereocenters. The quantitative estimate of drug-likeness (QED) is 0.372. The number of nitrogens with zero attached hydrogens (tertiary/aromatic N) is 4. The topological polar surface area (TPSA) is 155 Å². The zero-order chi connectivity index (χ0) is 20.8. The van der Waals surface area contributed by atoms with Crippen molar-refractivity contribution < 1.29 is 9.90 Å². The molecule has 1 fully saturated rings. The Morgan fingerprint density at radius 1 is 1.30 bits per heavy atom. The Morgan fingerprint density at radius 3 is 2.83 bits per heavy atom. The monoisotopic (exact) mass is 403 g/mol. The molecule has 1 aliphatic carbocycles. The highest BCUT2D eigenvalue weighted by atomic mass is 16.3. The van der Waals surface area contributed by atoms with E-state index in [1.807, 2.05) is 12.1 Å². The largest absolute Gasteiger partial charge is 0.493 e. The van der Waals surface area contributed by atoms with Gasteiger partial charge in [-0.15, -0.1) is 0 Å². The summed E-state index contributed by atoms with van der Waals surface area (Å²) in [6.45, 7) is 0. The van der Waals surface area contributed by atoms with Gasteiger partial charge in [-0.2, -0.15) is 9.61 Å². The molecule has 30 heavy (non-hydrogen) atoms. The number of carbonyl (C=O) groups is 1. The van der Waals surface area contributed by atoms with Crippen molar-refractivity contribution in [3.05, 3.63) is 69.0 Å². The maximum Gasteiger partial charge on any atom is 0.326 e. The number of imidazole rings is 1. The summed E-state index contributed by atoms with van der Waals surface area (Å²) in [7, 11) is 0. The number of primary amides is 1. The van der Waals surface area contributed by atoms with E-state index in [2.05, 4.69) is 15.1 Å². The van der Waals surface area contributed by atoms with Crippen LogP contribution in [-0.2, 0) is 0 Å². The summed E-state index contributed by atoms with van der Waals surface area (Å²) in [5.41, 5.74) is 7.94. The maximum atomic E-state index is 11.6. The summed E-state index contributed by atoms with van der Waals surface area (Å²) < 4.78 is 1.62. The van der Waals surface area contributed by atoms with Crippen molar-refractivity contribution in [1.82, 2.24) is 24.6 Å². The van der Waals surface area contributed by atoms with Crippen molar-refractivity contribution in [1.29, 1.82) is 0 Å². The molecule has 5 rings (SSSR count). The lowest BCUT2D eigenvalue weighted by molar-refractivity contribution is 0.100. The van der Waals surface area contributed by atoms with E-state index in [9.17, 15) is 14.7 Å². The van der Waals surface area contributed by atoms with E-state index in [0.717, 1.165) is 12.8 Å². The van der Waals surface area contributed by atoms with Gasteiger partial charge >= 0.3 is 5.69 Å². The van der Waals surface area contributed by atoms with E-state index in [1.54, 1.807) is 35.0 Å². The third-order valence-electron chi connectivity index (χ3n) is 4.82. The fraction of sp³-hybridized carbons (Fsp3) is 0.150. The molecular formula is C20H17N7O3. The first-order chi connectivity index (χ1) is 14.5. The molecule has 3 aromatic heterocycles. The van der Waals surface area contributed by atoms with Gasteiger partial charge in [0, 0.05) is 22.4 Å². The minimum atomic E-state index is -0.522. The molecule has 4 aromatic rings. The number of fused-ring (bicyclic) bond motifs is 1. The van der Waals surface area contributed by atoms with Crippen LogP contribution in [0.4, 0.5) is 0 Å². The molecule has 1 saturated carbocycles. The van der Waals surface area contributed by atoms with Gasteiger partial charge < -0.3 is 15.8 Å². The van der Waals surface area contributed by atoms with E-state index in [-0.39, 0.29) is 17.6 Å². The van der Waals surface area contributed by atoms with Crippen LogP contribution in [0, 0.1) is 0 Å². The number of hydrogen-bond donors (Lipinski definition) is 4. The first-order valence-corrected chi connectivity index (χ1v) is 9.34. The normalized spacial score (nSPS) is 15.2. The molecule has 10 nitrogen and oxygen atoms in total. The second-order valence-electron chi connectivity index (χ2n) is 7.13. The molecule has 0 saturated heterocycles. The van der Waals surface area contributed by atoms with Gasteiger partial charge in [0.05, 0.1) is 17.9 Å². The standard InChI is InChI=1S/C20H17N7O3/c21-17(28)11-3-1-2-10(6-11)14-8-16(23-13-4-5-13)27-18(24-14)12(9-22-27)7-15-19(29)26-20(30)25-15/h1-3,6-9,13,29H,4-5H2,(H2,21,28)(H2,25,26,30)/b12-7+,23-16?. The number of carbonyl (C=O) groups excluding carboxylic acids is 1. The molecule has 10 heteroatoms. The number of hydrogen-bond acceptors (Lipinski definition) is 6. The SMILES string of the molecule is NC(=O)c1cccc(-c2cc(=NC3CC3)n3nc/c(=C\c4[nH]c(=O)[nH]c4O)c3n2)c1. The van der Waals surface area contributed by atoms with Crippen LogP contribution in [0.25, 0.3) is 23.0 Å². The van der Waals surface area contributed by atoms with E-state index < -0.39 is 11.6 Å². The van der Waals surface area contributed by atoms with Crippen LogP contribution in [0.5, 0.6) is 5.88 Å². The lowest BCUT2D eigenvalue weighted by Gasteiger charge is -2.04. The van der Waals surface area contributed by atoms with Crippen molar-refractivity contribution in [2.45, 2.75) is 18.9 Å². The maximum absolute atomic E-state index is 11.6.